The number of fused-ring (bicyclic) bond motifs is 6. The van der Waals surface area contributed by atoms with Gasteiger partial charge in [-0.2, -0.15) is 8.61 Å². The summed E-state index contributed by atoms with van der Waals surface area (Å²) in [4.78, 5) is 30.7. The first-order valence-corrected chi connectivity index (χ1v) is 35.4. The Hall–Kier alpha value is -7.36. The summed E-state index contributed by atoms with van der Waals surface area (Å²) in [5, 5.41) is 16.0. The molecule has 4 N–H and O–H groups in total. The van der Waals surface area contributed by atoms with Gasteiger partial charge in [-0.3, -0.25) is 19.4 Å². The van der Waals surface area contributed by atoms with Crippen LogP contribution >= 0.6 is 0 Å². The van der Waals surface area contributed by atoms with Crippen LogP contribution in [-0.2, 0) is 68.7 Å². The number of benzene rings is 6. The molecule has 2 saturated heterocycles. The fourth-order valence-electron chi connectivity index (χ4n) is 14.6. The molecule has 1 amide bonds. The zero-order valence-corrected chi connectivity index (χ0v) is 54.1. The molecule has 91 heavy (non-hydrogen) atoms. The highest BCUT2D eigenvalue weighted by atomic mass is 32.2. The van der Waals surface area contributed by atoms with Crippen LogP contribution in [0.3, 0.4) is 0 Å². The Balaban J connectivity index is 0.000000147. The number of likely N-dealkylation sites (tertiary alicyclic amines) is 2. The van der Waals surface area contributed by atoms with Gasteiger partial charge in [-0.1, -0.05) is 73.5 Å². The topological polar surface area (TPSA) is 202 Å². The number of rotatable bonds is 15. The number of carboxylic acid groups (broad SMARTS) is 1. The van der Waals surface area contributed by atoms with Gasteiger partial charge in [-0.15, -0.1) is 0 Å². The lowest BCUT2D eigenvalue weighted by molar-refractivity contribution is -0.138. The van der Waals surface area contributed by atoms with Crippen molar-refractivity contribution in [1.82, 2.24) is 32.9 Å². The van der Waals surface area contributed by atoms with E-state index in [9.17, 15) is 31.5 Å². The average Bonchev–Trinajstić information content (AvgIpc) is 1.76. The van der Waals surface area contributed by atoms with Crippen molar-refractivity contribution in [1.29, 1.82) is 0 Å². The number of hydrogen-bond donors (Lipinski definition) is 3. The second-order valence-electron chi connectivity index (χ2n) is 25.3. The molecule has 8 aromatic rings. The second-order valence-corrected chi connectivity index (χ2v) is 29.1. The highest BCUT2D eigenvalue weighted by Gasteiger charge is 2.40. The maximum absolute atomic E-state index is 14.2. The van der Waals surface area contributed by atoms with Gasteiger partial charge in [0.15, 0.2) is 0 Å². The Morgan fingerprint density at radius 2 is 0.978 bits per heavy atom. The van der Waals surface area contributed by atoms with E-state index >= 15 is 0 Å². The van der Waals surface area contributed by atoms with Gasteiger partial charge in [0, 0.05) is 75.5 Å². The molecule has 6 aromatic carbocycles. The molecule has 2 unspecified atom stereocenters. The van der Waals surface area contributed by atoms with Gasteiger partial charge in [-0.05, 0) is 218 Å². The van der Waals surface area contributed by atoms with Crippen molar-refractivity contribution < 1.29 is 41.0 Å². The third-order valence-electron chi connectivity index (χ3n) is 19.4. The number of nitrogens with one attached hydrogen (secondary N) is 1. The van der Waals surface area contributed by atoms with Gasteiger partial charge in [0.1, 0.15) is 11.5 Å². The minimum atomic E-state index is -3.88. The van der Waals surface area contributed by atoms with E-state index in [4.69, 9.17) is 15.2 Å². The quantitative estimate of drug-likeness (QED) is 0.0878. The predicted octanol–water partition coefficient (Wildman–Crippen LogP) is 11.8. The third kappa shape index (κ3) is 14.5. The number of hydrogen-bond acceptors (Lipinski definition) is 11. The Morgan fingerprint density at radius 3 is 1.48 bits per heavy atom. The predicted molar refractivity (Wildman–Crippen MR) is 355 cm³/mol. The van der Waals surface area contributed by atoms with E-state index in [2.05, 4.69) is 56.1 Å². The number of nitrogens with two attached hydrogens (primary N) is 1. The molecule has 19 heteroatoms. The summed E-state index contributed by atoms with van der Waals surface area (Å²) in [5.74, 6) is 0.252. The van der Waals surface area contributed by atoms with E-state index in [1.165, 1.54) is 120 Å². The fraction of sp³-hybridized carbons (Fsp3) is 0.417. The fourth-order valence-corrected chi connectivity index (χ4v) is 17.8. The van der Waals surface area contributed by atoms with Gasteiger partial charge < -0.3 is 34.8 Å². The van der Waals surface area contributed by atoms with Crippen LogP contribution in [0, 0.1) is 0 Å². The Morgan fingerprint density at radius 1 is 0.516 bits per heavy atom. The third-order valence-corrected chi connectivity index (χ3v) is 23.2. The van der Waals surface area contributed by atoms with Crippen LogP contribution in [0.4, 0.5) is 0 Å². The highest BCUT2D eigenvalue weighted by molar-refractivity contribution is 7.89. The van der Waals surface area contributed by atoms with Crippen LogP contribution in [0.1, 0.15) is 146 Å². The SMILES string of the molecule is COc1ccc2cc(S(=O)(=O)N3CCn4cccc4C3CC(=O)N[C@@H]3CCCc4cc(CN5CCCCC5)ccc43)ccc2c1.COc1ccc2cc(S(=O)(=O)N3CCn4cccc4C3CC(=O)O)ccc2c1.N[C@@H]1CCCc2cc(CN3CCCCC3)ccc21. The van der Waals surface area contributed by atoms with Crippen LogP contribution < -0.4 is 20.5 Å². The minimum absolute atomic E-state index is 0.0624. The molecule has 4 aliphatic heterocycles. The summed E-state index contributed by atoms with van der Waals surface area (Å²) in [6, 6.07) is 41.2. The first-order valence-electron chi connectivity index (χ1n) is 32.6. The smallest absolute Gasteiger partial charge is 0.305 e. The first kappa shape index (κ1) is 63.8. The summed E-state index contributed by atoms with van der Waals surface area (Å²) in [5.41, 5.74) is 16.0. The highest BCUT2D eigenvalue weighted by Crippen LogP contribution is 2.39. The van der Waals surface area contributed by atoms with Crippen molar-refractivity contribution in [3.8, 4) is 11.5 Å². The van der Waals surface area contributed by atoms with E-state index in [0.717, 1.165) is 71.8 Å². The van der Waals surface area contributed by atoms with Crippen molar-refractivity contribution in [3.63, 3.8) is 0 Å². The minimum Gasteiger partial charge on any atom is -0.497 e. The number of sulfonamides is 2. The molecule has 14 rings (SSSR count). The summed E-state index contributed by atoms with van der Waals surface area (Å²) in [7, 11) is -4.55. The van der Waals surface area contributed by atoms with Crippen molar-refractivity contribution in [2.45, 2.75) is 150 Å². The number of ether oxygens (including phenoxy) is 2. The zero-order chi connectivity index (χ0) is 63.2. The van der Waals surface area contributed by atoms with Crippen LogP contribution in [0.5, 0.6) is 11.5 Å². The number of aliphatic carboxylic acids is 1. The number of carbonyl (C=O) groups excluding carboxylic acids is 1. The van der Waals surface area contributed by atoms with Crippen LogP contribution in [0.2, 0.25) is 0 Å². The maximum Gasteiger partial charge on any atom is 0.305 e. The van der Waals surface area contributed by atoms with Gasteiger partial charge in [0.2, 0.25) is 26.0 Å². The molecule has 6 aliphatic rings. The summed E-state index contributed by atoms with van der Waals surface area (Å²) in [6.45, 7) is 8.56. The number of carboxylic acids is 1. The van der Waals surface area contributed by atoms with Gasteiger partial charge in [0.25, 0.3) is 0 Å². The maximum atomic E-state index is 14.2. The molecular formula is C72H86N8O9S2. The van der Waals surface area contributed by atoms with Crippen LogP contribution in [-0.4, -0.2) is 115 Å². The van der Waals surface area contributed by atoms with Crippen molar-refractivity contribution in [2.75, 3.05) is 53.5 Å². The lowest BCUT2D eigenvalue weighted by Gasteiger charge is -2.36. The molecule has 0 radical (unpaired) electrons. The summed E-state index contributed by atoms with van der Waals surface area (Å²) >= 11 is 0. The monoisotopic (exact) mass is 1270 g/mol. The van der Waals surface area contributed by atoms with Gasteiger partial charge in [0.05, 0.1) is 48.6 Å². The molecule has 2 fully saturated rings. The number of aromatic nitrogens is 2. The number of piperidine rings is 2. The standard InChI is InChI=1S/C36H42N4O4S.C20H20N2O5S.C16H24N2/c1-44-30-13-11-28-23-31(14-12-27(28)22-30)45(42,43)40-20-19-39-18-6-9-34(39)35(40)24-36(41)37-33-8-5-7-29-21-26(10-15-32(29)33)25-38-16-3-2-4-17-38;1-27-16-6-4-15-12-17(7-5-14(15)11-16)28(25,26)22-10-9-21-8-2-3-18(21)19(22)13-20(23)24;17-16-6-4-5-14-11-13(7-8-15(14)16)12-18-9-2-1-3-10-18/h6,9-15,18,21-23,33,35H,2-5,7-8,16-17,19-20,24-25H2,1H3,(H,37,41);2-8,11-12,19H,9-10,13H2,1H3,(H,23,24);7-8,11,16H,1-6,9-10,12,17H2/t33-,35?;;16-/m1.1/s1. The Labute approximate surface area is 535 Å². The lowest BCUT2D eigenvalue weighted by atomic mass is 9.86. The molecule has 2 aliphatic carbocycles. The number of nitrogens with zero attached hydrogens (tertiary/aromatic N) is 6. The number of methoxy groups -OCH3 is 2. The largest absolute Gasteiger partial charge is 0.497 e. The van der Waals surface area contributed by atoms with E-state index < -0.39 is 38.1 Å². The molecular weight excluding hydrogens is 1180 g/mol. The molecule has 0 saturated carbocycles. The second kappa shape index (κ2) is 28.2. The normalized spacial score (nSPS) is 20.6. The molecule has 0 spiro atoms. The molecule has 0 bridgehead atoms. The molecule has 480 valence electrons. The zero-order valence-electron chi connectivity index (χ0n) is 52.4. The van der Waals surface area contributed by atoms with Gasteiger partial charge in [-0.25, -0.2) is 16.8 Å². The summed E-state index contributed by atoms with van der Waals surface area (Å²) < 4.78 is 72.4. The average molecular weight is 1270 g/mol. The van der Waals surface area contributed by atoms with E-state index in [1.807, 2.05) is 71.6 Å². The van der Waals surface area contributed by atoms with E-state index in [1.54, 1.807) is 56.7 Å². The first-order chi connectivity index (χ1) is 44.1. The van der Waals surface area contributed by atoms with E-state index in [0.29, 0.717) is 31.1 Å². The lowest BCUT2D eigenvalue weighted by Crippen LogP contribution is -2.44. The van der Waals surface area contributed by atoms with Crippen molar-refractivity contribution in [3.05, 3.63) is 191 Å². The van der Waals surface area contributed by atoms with Crippen molar-refractivity contribution >= 4 is 53.5 Å². The molecule has 6 heterocycles. The van der Waals surface area contributed by atoms with E-state index in [-0.39, 0.29) is 47.2 Å². The van der Waals surface area contributed by atoms with Crippen molar-refractivity contribution in [2.24, 2.45) is 5.73 Å². The van der Waals surface area contributed by atoms with Crippen LogP contribution in [0.25, 0.3) is 21.5 Å². The number of carbonyl (C=O) groups is 2. The Kier molecular flexibility index (Phi) is 19.8. The van der Waals surface area contributed by atoms with Crippen LogP contribution in [0.15, 0.2) is 156 Å². The molecule has 4 atom stereocenters. The molecule has 2 aromatic heterocycles. The van der Waals surface area contributed by atoms with Gasteiger partial charge >= 0.3 is 5.97 Å². The summed E-state index contributed by atoms with van der Waals surface area (Å²) in [6.07, 6.45) is 18.2. The Bertz CT molecular complexity index is 4140. The number of aryl methyl sites for hydroxylation is 2. The number of amides is 1. The molecule has 17 nitrogen and oxygen atoms in total.